The Labute approximate surface area is 236 Å². The van der Waals surface area contributed by atoms with E-state index < -0.39 is 17.4 Å². The van der Waals surface area contributed by atoms with Gasteiger partial charge in [0.1, 0.15) is 23.6 Å². The van der Waals surface area contributed by atoms with Gasteiger partial charge in [0.2, 0.25) is 5.75 Å². The van der Waals surface area contributed by atoms with Gasteiger partial charge in [-0.3, -0.25) is 10.1 Å². The Morgan fingerprint density at radius 2 is 1.83 bits per heavy atom. The lowest BCUT2D eigenvalue weighted by atomic mass is 9.92. The first-order valence-corrected chi connectivity index (χ1v) is 13.0. The molecule has 0 unspecified atom stereocenters. The number of nitrogens with one attached hydrogen (secondary N) is 4. The number of para-hydroxylation sites is 1. The smallest absolute Gasteiger partial charge is 0.324 e. The van der Waals surface area contributed by atoms with Crippen LogP contribution in [-0.2, 0) is 10.2 Å². The van der Waals surface area contributed by atoms with E-state index in [1.165, 1.54) is 17.1 Å². The number of hydrogen-bond donors (Lipinski definition) is 4. The molecule has 0 spiro atoms. The molecule has 0 bridgehead atoms. The van der Waals surface area contributed by atoms with Crippen LogP contribution in [0, 0.1) is 12.7 Å². The van der Waals surface area contributed by atoms with E-state index in [9.17, 15) is 14.0 Å². The number of carbonyl (C=O) groups excluding carboxylic acids is 2. The Balaban J connectivity index is 1.34. The lowest BCUT2D eigenvalue weighted by Crippen LogP contribution is -2.46. The largest absolute Gasteiger partial charge is 0.470 e. The SMILES string of the molecule is Cc1cc(NC(=O)Nc2cc(C(C)(C)C)nn2-c2ccccc2F)ccc1Nc1ncnc2c1OC(C)(C)C(=O)N2. The number of aryl methyl sites for hydroxylation is 1. The average molecular weight is 559 g/mol. The van der Waals surface area contributed by atoms with E-state index in [0.717, 1.165) is 5.56 Å². The number of carbonyl (C=O) groups is 2. The fourth-order valence-corrected chi connectivity index (χ4v) is 4.14. The van der Waals surface area contributed by atoms with E-state index in [-0.39, 0.29) is 22.8 Å². The Morgan fingerprint density at radius 3 is 2.54 bits per heavy atom. The molecule has 0 atom stereocenters. The summed E-state index contributed by atoms with van der Waals surface area (Å²) in [5.74, 6) is 0.574. The van der Waals surface area contributed by atoms with E-state index in [1.807, 2.05) is 27.7 Å². The molecule has 3 amide bonds. The molecule has 0 fully saturated rings. The summed E-state index contributed by atoms with van der Waals surface area (Å²) >= 11 is 0. The highest BCUT2D eigenvalue weighted by Gasteiger charge is 2.38. The van der Waals surface area contributed by atoms with Crippen LogP contribution >= 0.6 is 0 Å². The number of rotatable bonds is 5. The number of fused-ring (bicyclic) bond motifs is 1. The van der Waals surface area contributed by atoms with Crippen LogP contribution < -0.4 is 26.0 Å². The van der Waals surface area contributed by atoms with Crippen molar-refractivity contribution >= 4 is 40.8 Å². The Morgan fingerprint density at radius 1 is 1.07 bits per heavy atom. The number of anilines is 5. The van der Waals surface area contributed by atoms with E-state index in [1.54, 1.807) is 56.3 Å². The number of hydrogen-bond acceptors (Lipinski definition) is 7. The molecule has 1 aliphatic rings. The molecule has 5 rings (SSSR count). The first-order chi connectivity index (χ1) is 19.3. The molecular formula is C29H31FN8O3. The van der Waals surface area contributed by atoms with Gasteiger partial charge in [-0.1, -0.05) is 32.9 Å². The van der Waals surface area contributed by atoms with Gasteiger partial charge in [-0.25, -0.2) is 23.8 Å². The molecule has 0 radical (unpaired) electrons. The first-order valence-electron chi connectivity index (χ1n) is 13.0. The molecular weight excluding hydrogens is 527 g/mol. The minimum atomic E-state index is -1.08. The van der Waals surface area contributed by atoms with Gasteiger partial charge in [0, 0.05) is 22.9 Å². The van der Waals surface area contributed by atoms with Crippen molar-refractivity contribution in [2.75, 3.05) is 21.3 Å². The van der Waals surface area contributed by atoms with Crippen LogP contribution in [0.15, 0.2) is 54.9 Å². The average Bonchev–Trinajstić information content (AvgIpc) is 3.31. The molecule has 212 valence electrons. The van der Waals surface area contributed by atoms with E-state index in [2.05, 4.69) is 36.3 Å². The maximum absolute atomic E-state index is 14.6. The fraction of sp³-hybridized carbons (Fsp3) is 0.276. The monoisotopic (exact) mass is 558 g/mol. The summed E-state index contributed by atoms with van der Waals surface area (Å²) in [6, 6.07) is 12.8. The standard InChI is InChI=1S/C29H31FN8O3/c1-16-13-17(11-12-19(16)34-24-23-25(32-15-31-24)36-26(39)29(5,6)41-23)33-27(40)35-22-14-21(28(2,3)4)37-38(22)20-10-8-7-9-18(20)30/h7-15H,1-6H3,(H2,33,35,40)(H2,31,32,34,36,39). The second-order valence-corrected chi connectivity index (χ2v) is 11.2. The fourth-order valence-electron chi connectivity index (χ4n) is 4.14. The molecule has 2 aromatic heterocycles. The normalized spacial score (nSPS) is 14.0. The lowest BCUT2D eigenvalue weighted by Gasteiger charge is -2.31. The topological polar surface area (TPSA) is 135 Å². The van der Waals surface area contributed by atoms with Gasteiger partial charge in [-0.15, -0.1) is 0 Å². The van der Waals surface area contributed by atoms with Crippen molar-refractivity contribution in [2.24, 2.45) is 0 Å². The molecule has 4 aromatic rings. The van der Waals surface area contributed by atoms with Crippen LogP contribution in [-0.4, -0.2) is 37.3 Å². The zero-order chi connectivity index (χ0) is 29.5. The summed E-state index contributed by atoms with van der Waals surface area (Å²) in [7, 11) is 0. The number of aromatic nitrogens is 4. The number of amides is 3. The first kappa shape index (κ1) is 27.6. The second kappa shape index (κ2) is 10.2. The van der Waals surface area contributed by atoms with Crippen LogP contribution in [0.5, 0.6) is 5.75 Å². The van der Waals surface area contributed by atoms with Crippen molar-refractivity contribution in [3.8, 4) is 11.4 Å². The number of halogens is 1. The summed E-state index contributed by atoms with van der Waals surface area (Å²) in [6.45, 7) is 11.2. The van der Waals surface area contributed by atoms with Gasteiger partial charge >= 0.3 is 6.03 Å². The number of ether oxygens (including phenoxy) is 1. The van der Waals surface area contributed by atoms with Gasteiger partial charge < -0.3 is 20.7 Å². The third-order valence-corrected chi connectivity index (χ3v) is 6.48. The summed E-state index contributed by atoms with van der Waals surface area (Å²) in [5.41, 5.74) is 1.57. The van der Waals surface area contributed by atoms with Gasteiger partial charge in [0.05, 0.1) is 5.69 Å². The lowest BCUT2D eigenvalue weighted by molar-refractivity contribution is -0.129. The van der Waals surface area contributed by atoms with Crippen LogP contribution in [0.1, 0.15) is 45.9 Å². The van der Waals surface area contributed by atoms with Crippen molar-refractivity contribution in [1.82, 2.24) is 19.7 Å². The molecule has 3 heterocycles. The van der Waals surface area contributed by atoms with Crippen molar-refractivity contribution in [2.45, 2.75) is 52.6 Å². The quantitative estimate of drug-likeness (QED) is 0.239. The summed E-state index contributed by atoms with van der Waals surface area (Å²) in [5, 5.41) is 16.1. The predicted molar refractivity (Wildman–Crippen MR) is 155 cm³/mol. The molecule has 0 saturated carbocycles. The van der Waals surface area contributed by atoms with Crippen LogP contribution in [0.2, 0.25) is 0 Å². The highest BCUT2D eigenvalue weighted by atomic mass is 19.1. The van der Waals surface area contributed by atoms with Gasteiger partial charge in [-0.2, -0.15) is 5.10 Å². The highest BCUT2D eigenvalue weighted by molar-refractivity contribution is 6.01. The molecule has 2 aromatic carbocycles. The van der Waals surface area contributed by atoms with Crippen molar-refractivity contribution in [3.63, 3.8) is 0 Å². The van der Waals surface area contributed by atoms with E-state index in [0.29, 0.717) is 34.5 Å². The zero-order valence-corrected chi connectivity index (χ0v) is 23.6. The molecule has 12 heteroatoms. The molecule has 41 heavy (non-hydrogen) atoms. The zero-order valence-electron chi connectivity index (χ0n) is 23.6. The number of urea groups is 1. The number of benzene rings is 2. The Hall–Kier alpha value is -5.00. The number of nitrogens with zero attached hydrogens (tertiary/aromatic N) is 4. The maximum Gasteiger partial charge on any atom is 0.324 e. The minimum Gasteiger partial charge on any atom is -0.470 e. The maximum atomic E-state index is 14.6. The van der Waals surface area contributed by atoms with Crippen molar-refractivity contribution in [3.05, 3.63) is 71.9 Å². The van der Waals surface area contributed by atoms with Crippen molar-refractivity contribution in [1.29, 1.82) is 0 Å². The molecule has 1 aliphatic heterocycles. The third kappa shape index (κ3) is 5.67. The Kier molecular flexibility index (Phi) is 6.85. The van der Waals surface area contributed by atoms with Gasteiger partial charge in [-0.05, 0) is 56.7 Å². The van der Waals surface area contributed by atoms with Gasteiger partial charge in [0.25, 0.3) is 5.91 Å². The van der Waals surface area contributed by atoms with E-state index in [4.69, 9.17) is 4.74 Å². The summed E-state index contributed by atoms with van der Waals surface area (Å²) in [4.78, 5) is 33.6. The van der Waals surface area contributed by atoms with Gasteiger partial charge in [0.15, 0.2) is 17.2 Å². The van der Waals surface area contributed by atoms with Crippen LogP contribution in [0.3, 0.4) is 0 Å². The van der Waals surface area contributed by atoms with Crippen molar-refractivity contribution < 1.29 is 18.7 Å². The minimum absolute atomic E-state index is 0.225. The summed E-state index contributed by atoms with van der Waals surface area (Å²) < 4.78 is 21.9. The Bertz CT molecular complexity index is 1660. The van der Waals surface area contributed by atoms with Crippen LogP contribution in [0.25, 0.3) is 5.69 Å². The second-order valence-electron chi connectivity index (χ2n) is 11.2. The predicted octanol–water partition coefficient (Wildman–Crippen LogP) is 5.90. The molecule has 0 saturated heterocycles. The summed E-state index contributed by atoms with van der Waals surface area (Å²) in [6.07, 6.45) is 1.33. The van der Waals surface area contributed by atoms with Crippen LogP contribution in [0.4, 0.5) is 38.0 Å². The molecule has 0 aliphatic carbocycles. The molecule has 4 N–H and O–H groups in total. The third-order valence-electron chi connectivity index (χ3n) is 6.48. The highest BCUT2D eigenvalue weighted by Crippen LogP contribution is 2.38. The molecule has 11 nitrogen and oxygen atoms in total. The van der Waals surface area contributed by atoms with E-state index >= 15 is 0 Å².